The lowest BCUT2D eigenvalue weighted by atomic mass is 10.1. The summed E-state index contributed by atoms with van der Waals surface area (Å²) in [6.45, 7) is 0. The molecule has 5 rings (SSSR count). The summed E-state index contributed by atoms with van der Waals surface area (Å²) in [5, 5.41) is 0. The fourth-order valence-electron chi connectivity index (χ4n) is 3.06. The molecule has 2 aromatic heterocycles. The molecule has 24 heavy (non-hydrogen) atoms. The van der Waals surface area contributed by atoms with Crippen LogP contribution in [0.4, 0.5) is 0 Å². The molecule has 0 radical (unpaired) electrons. The fourth-order valence-corrected chi connectivity index (χ4v) is 3.06. The number of nitrogens with zero attached hydrogens (tertiary/aromatic N) is 2. The molecule has 0 aliphatic carbocycles. The van der Waals surface area contributed by atoms with E-state index in [2.05, 4.69) is 53.5 Å². The summed E-state index contributed by atoms with van der Waals surface area (Å²) in [5.74, 6) is 0.620. The summed E-state index contributed by atoms with van der Waals surface area (Å²) in [6.07, 6.45) is 2.03. The van der Waals surface area contributed by atoms with Crippen LogP contribution >= 0.6 is 0 Å². The lowest BCUT2D eigenvalue weighted by Crippen LogP contribution is -1.81. The Morgan fingerprint density at radius 2 is 1.42 bits per heavy atom. The highest BCUT2D eigenvalue weighted by Crippen LogP contribution is 2.29. The Morgan fingerprint density at radius 3 is 2.17 bits per heavy atom. The second-order valence-electron chi connectivity index (χ2n) is 5.80. The summed E-state index contributed by atoms with van der Waals surface area (Å²) in [7, 11) is 0. The van der Waals surface area contributed by atoms with E-state index in [1.165, 1.54) is 11.1 Å². The number of aromatic nitrogens is 2. The molecule has 0 saturated carbocycles. The van der Waals surface area contributed by atoms with Crippen molar-refractivity contribution in [2.24, 2.45) is 0 Å². The van der Waals surface area contributed by atoms with Gasteiger partial charge in [0.2, 0.25) is 0 Å². The van der Waals surface area contributed by atoms with Crippen LogP contribution in [0, 0.1) is 0 Å². The molecule has 0 fully saturated rings. The summed E-state index contributed by atoms with van der Waals surface area (Å²) in [4.78, 5) is 4.62. The Morgan fingerprint density at radius 1 is 0.708 bits per heavy atom. The molecule has 5 aromatic rings. The zero-order chi connectivity index (χ0) is 15.9. The molecule has 0 bridgehead atoms. The second kappa shape index (κ2) is 5.10. The summed E-state index contributed by atoms with van der Waals surface area (Å²) in [5.41, 5.74) is 6.24. The topological polar surface area (TPSA) is 30.4 Å². The van der Waals surface area contributed by atoms with Gasteiger partial charge >= 0.3 is 5.84 Å². The van der Waals surface area contributed by atoms with Crippen molar-refractivity contribution in [1.82, 2.24) is 9.38 Å². The van der Waals surface area contributed by atoms with Crippen LogP contribution in [0.3, 0.4) is 0 Å². The van der Waals surface area contributed by atoms with Crippen molar-refractivity contribution in [3.8, 4) is 22.4 Å². The number of benzene rings is 3. The predicted octanol–water partition coefficient (Wildman–Crippen LogP) is 5.41. The van der Waals surface area contributed by atoms with E-state index in [0.29, 0.717) is 5.84 Å². The number of hydrogen-bond donors (Lipinski definition) is 0. The maximum atomic E-state index is 5.90. The third-order valence-corrected chi connectivity index (χ3v) is 4.27. The smallest absolute Gasteiger partial charge is 0.307 e. The normalized spacial score (nSPS) is 11.3. The van der Waals surface area contributed by atoms with E-state index in [1.807, 2.05) is 40.9 Å². The highest BCUT2D eigenvalue weighted by atomic mass is 16.4. The predicted molar refractivity (Wildman–Crippen MR) is 95.8 cm³/mol. The third kappa shape index (κ3) is 2.02. The summed E-state index contributed by atoms with van der Waals surface area (Å²) >= 11 is 0. The molecule has 0 atom stereocenters. The van der Waals surface area contributed by atoms with Crippen molar-refractivity contribution in [3.63, 3.8) is 0 Å². The van der Waals surface area contributed by atoms with Gasteiger partial charge in [-0.05, 0) is 23.3 Å². The van der Waals surface area contributed by atoms with Crippen LogP contribution in [-0.4, -0.2) is 9.38 Å². The van der Waals surface area contributed by atoms with Crippen LogP contribution in [0.15, 0.2) is 89.5 Å². The van der Waals surface area contributed by atoms with Crippen molar-refractivity contribution >= 4 is 16.9 Å². The first kappa shape index (κ1) is 13.1. The number of imidazole rings is 1. The Labute approximate surface area is 138 Å². The van der Waals surface area contributed by atoms with E-state index in [4.69, 9.17) is 4.42 Å². The molecule has 0 unspecified atom stereocenters. The number of oxazole rings is 1. The Balaban J connectivity index is 1.70. The van der Waals surface area contributed by atoms with Crippen LogP contribution in [0.25, 0.3) is 39.3 Å². The minimum atomic E-state index is 0.620. The molecular formula is C21H14N2O. The van der Waals surface area contributed by atoms with Crippen LogP contribution in [-0.2, 0) is 0 Å². The van der Waals surface area contributed by atoms with Gasteiger partial charge in [0.25, 0.3) is 0 Å². The van der Waals surface area contributed by atoms with Gasteiger partial charge in [-0.25, -0.2) is 0 Å². The molecular weight excluding hydrogens is 296 g/mol. The molecule has 0 N–H and O–H groups in total. The second-order valence-corrected chi connectivity index (χ2v) is 5.80. The highest BCUT2D eigenvalue weighted by molar-refractivity contribution is 5.83. The first-order chi connectivity index (χ1) is 11.9. The van der Waals surface area contributed by atoms with Gasteiger partial charge in [-0.2, -0.15) is 4.98 Å². The van der Waals surface area contributed by atoms with E-state index >= 15 is 0 Å². The lowest BCUT2D eigenvalue weighted by molar-refractivity contribution is 0.642. The fraction of sp³-hybridized carbons (Fsp3) is 0. The first-order valence-electron chi connectivity index (χ1n) is 7.91. The van der Waals surface area contributed by atoms with Crippen molar-refractivity contribution in [2.45, 2.75) is 0 Å². The minimum Gasteiger partial charge on any atom is -0.423 e. The Bertz CT molecular complexity index is 1140. The van der Waals surface area contributed by atoms with Crippen LogP contribution < -0.4 is 0 Å². The standard InChI is InChI=1S/C21H14N2O/c1-3-7-15(8-4-1)17-11-12-20-19(13-17)23-14-18(22-21(23)24-20)16-9-5-2-6-10-16/h1-14H. The summed E-state index contributed by atoms with van der Waals surface area (Å²) in [6, 6.07) is 26.7. The first-order valence-corrected chi connectivity index (χ1v) is 7.91. The van der Waals surface area contributed by atoms with E-state index in [9.17, 15) is 0 Å². The zero-order valence-electron chi connectivity index (χ0n) is 12.9. The van der Waals surface area contributed by atoms with Crippen LogP contribution in [0.2, 0.25) is 0 Å². The molecule has 114 valence electrons. The number of hydrogen-bond acceptors (Lipinski definition) is 2. The van der Waals surface area contributed by atoms with Gasteiger partial charge in [-0.3, -0.25) is 4.40 Å². The summed E-state index contributed by atoms with van der Waals surface area (Å²) < 4.78 is 7.92. The maximum Gasteiger partial charge on any atom is 0.307 e. The molecule has 0 amide bonds. The molecule has 0 saturated heterocycles. The van der Waals surface area contributed by atoms with Gasteiger partial charge in [0.1, 0.15) is 0 Å². The maximum absolute atomic E-state index is 5.90. The van der Waals surface area contributed by atoms with Gasteiger partial charge in [0.05, 0.1) is 11.2 Å². The van der Waals surface area contributed by atoms with E-state index in [0.717, 1.165) is 22.4 Å². The Kier molecular flexibility index (Phi) is 2.79. The average Bonchev–Trinajstić information content (AvgIpc) is 3.21. The van der Waals surface area contributed by atoms with Crippen molar-refractivity contribution in [3.05, 3.63) is 85.1 Å². The van der Waals surface area contributed by atoms with Crippen molar-refractivity contribution in [2.75, 3.05) is 0 Å². The van der Waals surface area contributed by atoms with Gasteiger partial charge in [-0.1, -0.05) is 66.7 Å². The molecule has 3 heteroatoms. The van der Waals surface area contributed by atoms with Crippen molar-refractivity contribution < 1.29 is 4.42 Å². The quantitative estimate of drug-likeness (QED) is 0.436. The van der Waals surface area contributed by atoms with Crippen LogP contribution in [0.5, 0.6) is 0 Å². The molecule has 3 nitrogen and oxygen atoms in total. The van der Waals surface area contributed by atoms with E-state index < -0.39 is 0 Å². The zero-order valence-corrected chi connectivity index (χ0v) is 12.9. The third-order valence-electron chi connectivity index (χ3n) is 4.27. The number of fused-ring (bicyclic) bond motifs is 3. The molecule has 3 aromatic carbocycles. The monoisotopic (exact) mass is 310 g/mol. The van der Waals surface area contributed by atoms with Gasteiger partial charge in [0, 0.05) is 11.8 Å². The minimum absolute atomic E-state index is 0.620. The number of rotatable bonds is 2. The molecule has 2 heterocycles. The van der Waals surface area contributed by atoms with E-state index in [-0.39, 0.29) is 0 Å². The van der Waals surface area contributed by atoms with Crippen molar-refractivity contribution in [1.29, 1.82) is 0 Å². The Hall–Kier alpha value is -3.33. The van der Waals surface area contributed by atoms with Gasteiger partial charge < -0.3 is 4.42 Å². The van der Waals surface area contributed by atoms with Gasteiger partial charge in [0.15, 0.2) is 5.58 Å². The molecule has 0 spiro atoms. The largest absolute Gasteiger partial charge is 0.423 e. The molecule has 0 aliphatic rings. The molecule has 0 aliphatic heterocycles. The van der Waals surface area contributed by atoms with Gasteiger partial charge in [-0.15, -0.1) is 0 Å². The van der Waals surface area contributed by atoms with E-state index in [1.54, 1.807) is 0 Å². The van der Waals surface area contributed by atoms with Crippen LogP contribution in [0.1, 0.15) is 0 Å². The lowest BCUT2D eigenvalue weighted by Gasteiger charge is -2.01. The highest BCUT2D eigenvalue weighted by Gasteiger charge is 2.12. The average molecular weight is 310 g/mol. The SMILES string of the molecule is c1ccc(-c2ccc3oc4nc(-c5ccccc5)cn4c3c2)cc1.